The van der Waals surface area contributed by atoms with Crippen LogP contribution in [0.3, 0.4) is 0 Å². The lowest BCUT2D eigenvalue weighted by Crippen LogP contribution is -2.59. The standard InChI is InChI=1S/C44H58N8O7/c1-29-16-9-11-20-33(29)49-42(57)52(41(56)35(50-43(58)59-44(2,3)4)27-31-28-48-34-21-12-10-19-32(31)34)36(22-13-14-24-45)40(55)47-25-15-23-38(53)51(5)37(39(46)54)26-30-17-7-6-8-18-30/h6-12,16-21,28,35-37,48H,13-15,22-27,45H2,1-5H3,(H2,46,54)(H,47,55)(H,49,57)(H,50,58)/t35-,36-,37-/m0/s1. The van der Waals surface area contributed by atoms with Crippen LogP contribution in [0.5, 0.6) is 0 Å². The van der Waals surface area contributed by atoms with Crippen LogP contribution in [-0.4, -0.2) is 94.4 Å². The molecule has 59 heavy (non-hydrogen) atoms. The predicted octanol–water partition coefficient (Wildman–Crippen LogP) is 4.92. The van der Waals surface area contributed by atoms with E-state index in [1.165, 1.54) is 11.9 Å². The number of aryl methyl sites for hydroxylation is 1. The maximum absolute atomic E-state index is 14.9. The number of nitrogens with one attached hydrogen (secondary N) is 4. The van der Waals surface area contributed by atoms with Gasteiger partial charge in [-0.1, -0.05) is 66.7 Å². The molecule has 3 atom stereocenters. The molecule has 1 aromatic heterocycles. The van der Waals surface area contributed by atoms with Crippen molar-refractivity contribution >= 4 is 52.3 Å². The number of carbonyl (C=O) groups is 6. The van der Waals surface area contributed by atoms with E-state index in [0.29, 0.717) is 30.6 Å². The van der Waals surface area contributed by atoms with Crippen molar-refractivity contribution in [3.05, 3.63) is 102 Å². The third kappa shape index (κ3) is 13.4. The SMILES string of the molecule is Cc1ccccc1NC(=O)N(C(=O)[C@H](Cc1c[nH]c2ccccc12)NC(=O)OC(C)(C)C)[C@@H](CCCCN)C(=O)NCCCC(=O)N(C)[C@@H](Cc1ccccc1)C(N)=O. The predicted molar refractivity (Wildman–Crippen MR) is 227 cm³/mol. The molecule has 7 amide bonds. The van der Waals surface area contributed by atoms with E-state index in [1.54, 1.807) is 58.2 Å². The number of fused-ring (bicyclic) bond motifs is 1. The molecule has 0 spiro atoms. The molecule has 316 valence electrons. The summed E-state index contributed by atoms with van der Waals surface area (Å²) in [7, 11) is 1.52. The highest BCUT2D eigenvalue weighted by Gasteiger charge is 2.40. The molecular weight excluding hydrogens is 753 g/mol. The number of hydrogen-bond acceptors (Lipinski definition) is 8. The number of rotatable bonds is 19. The van der Waals surface area contributed by atoms with E-state index in [0.717, 1.165) is 26.9 Å². The van der Waals surface area contributed by atoms with Crippen LogP contribution >= 0.6 is 0 Å². The second-order valence-corrected chi connectivity index (χ2v) is 15.5. The van der Waals surface area contributed by atoms with Crippen molar-refractivity contribution in [2.24, 2.45) is 11.5 Å². The number of imide groups is 1. The maximum Gasteiger partial charge on any atom is 0.408 e. The highest BCUT2D eigenvalue weighted by Crippen LogP contribution is 2.23. The molecule has 0 aliphatic heterocycles. The molecule has 0 aliphatic rings. The minimum absolute atomic E-state index is 0.0160. The van der Waals surface area contributed by atoms with Crippen LogP contribution in [0.4, 0.5) is 15.3 Å². The molecule has 4 rings (SSSR count). The Labute approximate surface area is 345 Å². The van der Waals surface area contributed by atoms with Crippen LogP contribution in [0.1, 0.15) is 69.6 Å². The van der Waals surface area contributed by atoms with Crippen LogP contribution in [0.2, 0.25) is 0 Å². The van der Waals surface area contributed by atoms with Crippen LogP contribution in [0.25, 0.3) is 10.9 Å². The van der Waals surface area contributed by atoms with Gasteiger partial charge in [-0.05, 0) is 88.7 Å². The van der Waals surface area contributed by atoms with E-state index in [2.05, 4.69) is 20.9 Å². The van der Waals surface area contributed by atoms with Crippen LogP contribution in [-0.2, 0) is 36.8 Å². The van der Waals surface area contributed by atoms with E-state index in [-0.39, 0.29) is 44.6 Å². The van der Waals surface area contributed by atoms with Gasteiger partial charge in [-0.15, -0.1) is 0 Å². The topological polar surface area (TPSA) is 222 Å². The lowest BCUT2D eigenvalue weighted by atomic mass is 10.0. The first-order valence-electron chi connectivity index (χ1n) is 19.9. The highest BCUT2D eigenvalue weighted by atomic mass is 16.6. The largest absolute Gasteiger partial charge is 0.444 e. The van der Waals surface area contributed by atoms with Crippen molar-refractivity contribution in [2.75, 3.05) is 25.5 Å². The number of ether oxygens (including phenoxy) is 1. The number of anilines is 1. The van der Waals surface area contributed by atoms with Gasteiger partial charge in [0.1, 0.15) is 23.7 Å². The van der Waals surface area contributed by atoms with E-state index in [4.69, 9.17) is 16.2 Å². The third-order valence-electron chi connectivity index (χ3n) is 9.80. The molecule has 15 nitrogen and oxygen atoms in total. The van der Waals surface area contributed by atoms with Gasteiger partial charge in [-0.25, -0.2) is 14.5 Å². The number of unbranched alkanes of at least 4 members (excludes halogenated alkanes) is 1. The second-order valence-electron chi connectivity index (χ2n) is 15.5. The van der Waals surface area contributed by atoms with Crippen molar-refractivity contribution in [3.8, 4) is 0 Å². The van der Waals surface area contributed by atoms with Crippen molar-refractivity contribution < 1.29 is 33.5 Å². The van der Waals surface area contributed by atoms with E-state index in [9.17, 15) is 28.8 Å². The van der Waals surface area contributed by atoms with E-state index < -0.39 is 53.6 Å². The summed E-state index contributed by atoms with van der Waals surface area (Å²) in [5, 5.41) is 9.12. The molecule has 8 N–H and O–H groups in total. The summed E-state index contributed by atoms with van der Waals surface area (Å²) in [6, 6.07) is 19.3. The number of H-pyrrole nitrogens is 1. The first kappa shape index (κ1) is 45.5. The molecule has 0 saturated heterocycles. The number of likely N-dealkylation sites (N-methyl/N-ethyl adjacent to an activating group) is 1. The van der Waals surface area contributed by atoms with Gasteiger partial charge >= 0.3 is 12.1 Å². The van der Waals surface area contributed by atoms with Gasteiger partial charge in [0.15, 0.2) is 0 Å². The van der Waals surface area contributed by atoms with Crippen LogP contribution < -0.4 is 27.4 Å². The minimum atomic E-state index is -1.35. The Balaban J connectivity index is 1.62. The Morgan fingerprint density at radius 1 is 0.847 bits per heavy atom. The Bertz CT molecular complexity index is 2060. The van der Waals surface area contributed by atoms with Crippen molar-refractivity contribution in [3.63, 3.8) is 0 Å². The molecule has 0 saturated carbocycles. The van der Waals surface area contributed by atoms with Gasteiger partial charge in [0.25, 0.3) is 5.91 Å². The number of aromatic nitrogens is 1. The number of urea groups is 1. The monoisotopic (exact) mass is 810 g/mol. The minimum Gasteiger partial charge on any atom is -0.444 e. The highest BCUT2D eigenvalue weighted by molar-refractivity contribution is 6.07. The Kier molecular flexibility index (Phi) is 16.6. The summed E-state index contributed by atoms with van der Waals surface area (Å²) in [6.07, 6.45) is 2.19. The summed E-state index contributed by atoms with van der Waals surface area (Å²) in [5.41, 5.74) is 14.1. The van der Waals surface area contributed by atoms with Crippen LogP contribution in [0.15, 0.2) is 85.1 Å². The number of nitrogens with zero attached hydrogens (tertiary/aromatic N) is 2. The van der Waals surface area contributed by atoms with Crippen molar-refractivity contribution in [2.45, 2.75) is 96.4 Å². The maximum atomic E-state index is 14.9. The average molecular weight is 811 g/mol. The first-order chi connectivity index (χ1) is 28.1. The van der Waals surface area contributed by atoms with Crippen LogP contribution in [0, 0.1) is 6.92 Å². The summed E-state index contributed by atoms with van der Waals surface area (Å²) in [6.45, 7) is 7.19. The first-order valence-corrected chi connectivity index (χ1v) is 19.9. The lowest BCUT2D eigenvalue weighted by Gasteiger charge is -2.33. The van der Waals surface area contributed by atoms with Gasteiger partial charge < -0.3 is 42.0 Å². The summed E-state index contributed by atoms with van der Waals surface area (Å²) < 4.78 is 5.54. The molecule has 1 heterocycles. The third-order valence-corrected chi connectivity index (χ3v) is 9.80. The number of amides is 7. The quantitative estimate of drug-likeness (QED) is 0.0712. The number of hydrogen-bond donors (Lipinski definition) is 6. The Morgan fingerprint density at radius 2 is 1.53 bits per heavy atom. The number of aromatic amines is 1. The van der Waals surface area contributed by atoms with Gasteiger partial charge in [-0.3, -0.25) is 19.2 Å². The van der Waals surface area contributed by atoms with E-state index >= 15 is 0 Å². The Hall–Kier alpha value is -6.22. The average Bonchev–Trinajstić information content (AvgIpc) is 3.60. The fraction of sp³-hybridized carbons (Fsp3) is 0.409. The molecule has 3 aromatic carbocycles. The number of alkyl carbamates (subject to hydrolysis) is 1. The second kappa shape index (κ2) is 21.5. The number of carbonyl (C=O) groups excluding carboxylic acids is 6. The van der Waals surface area contributed by atoms with Gasteiger partial charge in [0.2, 0.25) is 17.7 Å². The van der Waals surface area contributed by atoms with Crippen molar-refractivity contribution in [1.29, 1.82) is 0 Å². The normalized spacial score (nSPS) is 12.8. The molecular formula is C44H58N8O7. The zero-order valence-electron chi connectivity index (χ0n) is 34.6. The molecule has 0 bridgehead atoms. The summed E-state index contributed by atoms with van der Waals surface area (Å²) >= 11 is 0. The van der Waals surface area contributed by atoms with Gasteiger partial charge in [-0.2, -0.15) is 0 Å². The molecule has 0 radical (unpaired) electrons. The number of nitrogens with two attached hydrogens (primary N) is 2. The summed E-state index contributed by atoms with van der Waals surface area (Å²) in [4.78, 5) is 87.8. The van der Waals surface area contributed by atoms with Gasteiger partial charge in [0.05, 0.1) is 0 Å². The fourth-order valence-corrected chi connectivity index (χ4v) is 6.67. The zero-order chi connectivity index (χ0) is 43.1. The van der Waals surface area contributed by atoms with Gasteiger partial charge in [0, 0.05) is 55.6 Å². The summed E-state index contributed by atoms with van der Waals surface area (Å²) in [5.74, 6) is -2.47. The molecule has 0 unspecified atom stereocenters. The molecule has 0 fully saturated rings. The molecule has 4 aromatic rings. The fourth-order valence-electron chi connectivity index (χ4n) is 6.67. The lowest BCUT2D eigenvalue weighted by molar-refractivity contribution is -0.139. The Morgan fingerprint density at radius 3 is 2.20 bits per heavy atom. The van der Waals surface area contributed by atoms with E-state index in [1.807, 2.05) is 54.6 Å². The molecule has 0 aliphatic carbocycles. The molecule has 15 heteroatoms. The number of benzene rings is 3. The number of primary amides is 1. The number of para-hydroxylation sites is 2. The van der Waals surface area contributed by atoms with Crippen molar-refractivity contribution in [1.82, 2.24) is 25.4 Å². The zero-order valence-corrected chi connectivity index (χ0v) is 34.6. The smallest absolute Gasteiger partial charge is 0.408 e.